The van der Waals surface area contributed by atoms with E-state index in [-0.39, 0.29) is 18.4 Å². The van der Waals surface area contributed by atoms with Crippen LogP contribution < -0.4 is 20.4 Å². The van der Waals surface area contributed by atoms with Gasteiger partial charge in [-0.15, -0.1) is 0 Å². The number of anilines is 2. The molecule has 0 aliphatic carbocycles. The number of piperazine rings is 1. The van der Waals surface area contributed by atoms with Crippen LogP contribution in [-0.2, 0) is 9.59 Å². The molecule has 0 spiro atoms. The zero-order valence-corrected chi connectivity index (χ0v) is 30.0. The molecule has 3 saturated heterocycles. The fourth-order valence-electron chi connectivity index (χ4n) is 8.08. The summed E-state index contributed by atoms with van der Waals surface area (Å²) in [6.07, 6.45) is 7.79. The number of hydrogen-bond acceptors (Lipinski definition) is 8. The van der Waals surface area contributed by atoms with Crippen molar-refractivity contribution in [1.82, 2.24) is 30.1 Å². The first kappa shape index (κ1) is 36.4. The number of nitrogens with one attached hydrogen (secondary N) is 2. The highest BCUT2D eigenvalue weighted by molar-refractivity contribution is 6.08. The van der Waals surface area contributed by atoms with Crippen molar-refractivity contribution in [1.29, 1.82) is 0 Å². The summed E-state index contributed by atoms with van der Waals surface area (Å²) in [6, 6.07) is 11.8. The van der Waals surface area contributed by atoms with Crippen molar-refractivity contribution in [3.63, 3.8) is 0 Å². The van der Waals surface area contributed by atoms with E-state index in [9.17, 15) is 23.2 Å². The lowest BCUT2D eigenvalue weighted by molar-refractivity contribution is -0.134. The van der Waals surface area contributed by atoms with E-state index in [0.717, 1.165) is 43.5 Å². The topological polar surface area (TPSA) is 116 Å². The largest absolute Gasteiger partial charge is 0.369 e. The molecule has 6 heterocycles. The Morgan fingerprint density at radius 1 is 0.836 bits per heavy atom. The Morgan fingerprint density at radius 3 is 2.36 bits per heavy atom. The molecule has 3 fully saturated rings. The van der Waals surface area contributed by atoms with Crippen LogP contribution in [0.5, 0.6) is 0 Å². The number of rotatable bonds is 9. The van der Waals surface area contributed by atoms with E-state index in [0.29, 0.717) is 76.5 Å². The predicted molar refractivity (Wildman–Crippen MR) is 200 cm³/mol. The molecule has 3 aliphatic heterocycles. The summed E-state index contributed by atoms with van der Waals surface area (Å²) in [5.41, 5.74) is 2.38. The lowest BCUT2D eigenvalue weighted by atomic mass is 9.93. The molecule has 0 unspecified atom stereocenters. The third-order valence-electron chi connectivity index (χ3n) is 11.2. The van der Waals surface area contributed by atoms with Gasteiger partial charge in [0, 0.05) is 86.3 Å². The van der Waals surface area contributed by atoms with Crippen molar-refractivity contribution >= 4 is 51.0 Å². The second-order valence-electron chi connectivity index (χ2n) is 14.5. The molecule has 0 radical (unpaired) electrons. The molecule has 3 aromatic heterocycles. The van der Waals surface area contributed by atoms with Crippen LogP contribution in [0.15, 0.2) is 67.1 Å². The number of pyridine rings is 2. The fraction of sp³-hybridized carbons (Fsp3) is 0.375. The smallest absolute Gasteiger partial charge is 0.319 e. The minimum absolute atomic E-state index is 0.113. The number of piperidine rings is 2. The van der Waals surface area contributed by atoms with Crippen LogP contribution in [0.4, 0.5) is 29.1 Å². The van der Waals surface area contributed by atoms with Crippen molar-refractivity contribution in [3.05, 3.63) is 84.3 Å². The second kappa shape index (κ2) is 15.3. The molecule has 0 bridgehead atoms. The number of nitrogens with zero attached hydrogens (tertiary/aromatic N) is 6. The number of alkyl halides is 2. The van der Waals surface area contributed by atoms with E-state index in [1.807, 2.05) is 4.90 Å². The maximum atomic E-state index is 15.5. The van der Waals surface area contributed by atoms with Crippen LogP contribution in [0.3, 0.4) is 0 Å². The first-order valence-electron chi connectivity index (χ1n) is 18.6. The fourth-order valence-corrected chi connectivity index (χ4v) is 8.08. The van der Waals surface area contributed by atoms with Crippen molar-refractivity contribution in [2.75, 3.05) is 55.6 Å². The molecule has 15 heteroatoms. The number of amides is 3. The molecule has 2 N–H and O–H groups in total. The van der Waals surface area contributed by atoms with Crippen LogP contribution in [0.25, 0.3) is 32.9 Å². The van der Waals surface area contributed by atoms with Gasteiger partial charge in [0.15, 0.2) is 11.6 Å². The highest BCUT2D eigenvalue weighted by Gasteiger charge is 2.30. The zero-order chi connectivity index (χ0) is 38.2. The summed E-state index contributed by atoms with van der Waals surface area (Å²) in [7, 11) is 0. The predicted octanol–water partition coefficient (Wildman–Crippen LogP) is 5.89. The molecule has 3 aliphatic rings. The molecular weight excluding hydrogens is 716 g/mol. The van der Waals surface area contributed by atoms with Crippen molar-refractivity contribution < 1.29 is 31.9 Å². The first-order valence-corrected chi connectivity index (χ1v) is 18.6. The summed E-state index contributed by atoms with van der Waals surface area (Å²) >= 11 is 0. The Kier molecular flexibility index (Phi) is 10.1. The Balaban J connectivity index is 0.810. The van der Waals surface area contributed by atoms with Gasteiger partial charge in [-0.2, -0.15) is 8.78 Å². The summed E-state index contributed by atoms with van der Waals surface area (Å²) in [4.78, 5) is 51.1. The maximum absolute atomic E-state index is 15.5. The standard InChI is InChI=1S/C40H40F4N8O3/c41-31-21-27(2-4-29(31)38(54)47-33-5-6-36(53)48-39(33)55)50-17-15-49(16-18-50)12-8-24-9-13-51(14-10-24)37-32(42)19-26(22-46-37)25-1-3-28-30-23-45-11-7-34(30)52(40(43)44)35(28)20-25/h1-4,7,11,19-24,33,40H,5-6,8-10,12-18H2,(H,47,54)(H,48,53,55)/t33-/m0/s1. The number of benzene rings is 2. The Hall–Kier alpha value is -5.57. The van der Waals surface area contributed by atoms with Gasteiger partial charge in [-0.05, 0) is 80.1 Å². The number of imide groups is 1. The number of fused-ring (bicyclic) bond motifs is 3. The minimum atomic E-state index is -2.74. The van der Waals surface area contributed by atoms with Gasteiger partial charge >= 0.3 is 6.55 Å². The minimum Gasteiger partial charge on any atom is -0.369 e. The maximum Gasteiger partial charge on any atom is 0.319 e. The van der Waals surface area contributed by atoms with Crippen LogP contribution in [0.2, 0.25) is 0 Å². The third-order valence-corrected chi connectivity index (χ3v) is 11.2. The van der Waals surface area contributed by atoms with Gasteiger partial charge in [-0.1, -0.05) is 12.1 Å². The number of halogens is 4. The summed E-state index contributed by atoms with van der Waals surface area (Å²) in [5.74, 6) is -2.01. The normalized spacial score (nSPS) is 18.7. The van der Waals surface area contributed by atoms with Gasteiger partial charge in [0.1, 0.15) is 11.9 Å². The molecule has 2 aromatic carbocycles. The van der Waals surface area contributed by atoms with Crippen LogP contribution in [0.1, 0.15) is 49.0 Å². The van der Waals surface area contributed by atoms with Crippen LogP contribution >= 0.6 is 0 Å². The van der Waals surface area contributed by atoms with Crippen molar-refractivity contribution in [3.8, 4) is 11.1 Å². The summed E-state index contributed by atoms with van der Waals surface area (Å²) in [6.45, 7) is 2.60. The molecule has 1 atom stereocenters. The lowest BCUT2D eigenvalue weighted by Gasteiger charge is -2.38. The monoisotopic (exact) mass is 756 g/mol. The summed E-state index contributed by atoms with van der Waals surface area (Å²) < 4.78 is 59.7. The first-order chi connectivity index (χ1) is 26.6. The molecular formula is C40H40F4N8O3. The van der Waals surface area contributed by atoms with E-state index < -0.39 is 41.9 Å². The average Bonchev–Trinajstić information content (AvgIpc) is 3.52. The highest BCUT2D eigenvalue weighted by Crippen LogP contribution is 2.36. The van der Waals surface area contributed by atoms with E-state index in [4.69, 9.17) is 0 Å². The number of carbonyl (C=O) groups excluding carboxylic acids is 3. The lowest BCUT2D eigenvalue weighted by Crippen LogP contribution is -2.52. The second-order valence-corrected chi connectivity index (χ2v) is 14.5. The van der Waals surface area contributed by atoms with E-state index in [1.54, 1.807) is 42.7 Å². The van der Waals surface area contributed by atoms with Crippen molar-refractivity contribution in [2.24, 2.45) is 5.92 Å². The van der Waals surface area contributed by atoms with Gasteiger partial charge in [0.25, 0.3) is 5.91 Å². The zero-order valence-electron chi connectivity index (χ0n) is 30.0. The van der Waals surface area contributed by atoms with Gasteiger partial charge < -0.3 is 15.1 Å². The van der Waals surface area contributed by atoms with Gasteiger partial charge in [-0.25, -0.2) is 13.8 Å². The van der Waals surface area contributed by atoms with Crippen LogP contribution in [-0.4, -0.2) is 89.0 Å². The Morgan fingerprint density at radius 2 is 1.64 bits per heavy atom. The van der Waals surface area contributed by atoms with Crippen molar-refractivity contribution in [2.45, 2.75) is 44.7 Å². The Bertz CT molecular complexity index is 2270. The van der Waals surface area contributed by atoms with Gasteiger partial charge in [-0.3, -0.25) is 34.2 Å². The number of carbonyl (C=O) groups is 3. The van der Waals surface area contributed by atoms with E-state index in [2.05, 4.69) is 30.4 Å². The molecule has 5 aromatic rings. The number of hydrogen-bond donors (Lipinski definition) is 2. The summed E-state index contributed by atoms with van der Waals surface area (Å²) in [5, 5.41) is 5.98. The number of aromatic nitrogens is 3. The van der Waals surface area contributed by atoms with Gasteiger partial charge in [0.2, 0.25) is 11.8 Å². The molecule has 55 heavy (non-hydrogen) atoms. The van der Waals surface area contributed by atoms with E-state index in [1.165, 1.54) is 24.4 Å². The third kappa shape index (κ3) is 7.44. The van der Waals surface area contributed by atoms with Gasteiger partial charge in [0.05, 0.1) is 16.6 Å². The SMILES string of the molecule is O=C1CC[C@H](NC(=O)c2ccc(N3CCN(CCC4CCN(c5ncc(-c6ccc7c8cnccc8n(C(F)F)c7c6)cc5F)CC4)CC3)cc2F)C(=O)N1. The quantitative estimate of drug-likeness (QED) is 0.142. The molecule has 0 saturated carbocycles. The van der Waals surface area contributed by atoms with Crippen LogP contribution in [0, 0.1) is 17.6 Å². The van der Waals surface area contributed by atoms with E-state index >= 15 is 8.78 Å². The average molecular weight is 757 g/mol. The molecule has 286 valence electrons. The highest BCUT2D eigenvalue weighted by atomic mass is 19.3. The molecule has 3 amide bonds. The molecule has 11 nitrogen and oxygen atoms in total. The molecule has 8 rings (SSSR count). The Labute approximate surface area is 314 Å².